The average molecular weight is 395 g/mol. The van der Waals surface area contributed by atoms with E-state index in [0.717, 1.165) is 16.8 Å². The van der Waals surface area contributed by atoms with E-state index in [1.54, 1.807) is 12.4 Å². The zero-order valence-electron chi connectivity index (χ0n) is 15.2. The highest BCUT2D eigenvalue weighted by molar-refractivity contribution is 7.91. The number of hydrogen-bond acceptors (Lipinski definition) is 7. The van der Waals surface area contributed by atoms with E-state index in [1.165, 1.54) is 0 Å². The van der Waals surface area contributed by atoms with Crippen molar-refractivity contribution in [2.45, 2.75) is 19.0 Å². The van der Waals surface area contributed by atoms with E-state index in [2.05, 4.69) is 25.6 Å². The van der Waals surface area contributed by atoms with Gasteiger partial charge in [-0.05, 0) is 18.1 Å². The number of nitrogens with one attached hydrogen (secondary N) is 2. The van der Waals surface area contributed by atoms with E-state index >= 15 is 0 Å². The van der Waals surface area contributed by atoms with Crippen LogP contribution in [0.5, 0.6) is 0 Å². The molecule has 1 aromatic carbocycles. The summed E-state index contributed by atoms with van der Waals surface area (Å²) >= 11 is 0. The largest absolute Gasteiger partial charge is 0.366 e. The molecule has 1 aliphatic rings. The Morgan fingerprint density at radius 1 is 1.07 bits per heavy atom. The van der Waals surface area contributed by atoms with Crippen LogP contribution in [-0.2, 0) is 16.4 Å². The van der Waals surface area contributed by atoms with Gasteiger partial charge in [0.1, 0.15) is 5.82 Å². The van der Waals surface area contributed by atoms with Gasteiger partial charge >= 0.3 is 0 Å². The molecule has 0 saturated carbocycles. The second-order valence-corrected chi connectivity index (χ2v) is 9.02. The molecule has 1 saturated heterocycles. The minimum absolute atomic E-state index is 0.115. The predicted molar refractivity (Wildman–Crippen MR) is 110 cm³/mol. The maximum Gasteiger partial charge on any atom is 0.225 e. The smallest absolute Gasteiger partial charge is 0.225 e. The lowest BCUT2D eigenvalue weighted by Crippen LogP contribution is -2.22. The number of pyridine rings is 1. The third-order valence-electron chi connectivity index (χ3n) is 4.56. The second kappa shape index (κ2) is 7.93. The maximum atomic E-state index is 11.7. The fourth-order valence-corrected chi connectivity index (χ4v) is 4.82. The molecule has 3 aromatic rings. The molecule has 144 valence electrons. The highest BCUT2D eigenvalue weighted by Crippen LogP contribution is 2.23. The Balaban J connectivity index is 1.59. The molecule has 0 amide bonds. The normalized spacial score (nSPS) is 17.9. The van der Waals surface area contributed by atoms with E-state index in [4.69, 9.17) is 0 Å². The zero-order chi connectivity index (χ0) is 19.4. The van der Waals surface area contributed by atoms with E-state index < -0.39 is 9.84 Å². The number of hydrogen-bond donors (Lipinski definition) is 2. The van der Waals surface area contributed by atoms with Gasteiger partial charge in [-0.1, -0.05) is 36.4 Å². The van der Waals surface area contributed by atoms with Crippen molar-refractivity contribution in [3.8, 4) is 11.3 Å². The van der Waals surface area contributed by atoms with Crippen molar-refractivity contribution in [2.75, 3.05) is 22.1 Å². The van der Waals surface area contributed by atoms with Gasteiger partial charge < -0.3 is 10.6 Å². The summed E-state index contributed by atoms with van der Waals surface area (Å²) in [5, 5.41) is 6.49. The summed E-state index contributed by atoms with van der Waals surface area (Å²) in [6.45, 7) is 0.580. The molecule has 1 atom stereocenters. The van der Waals surface area contributed by atoms with Crippen molar-refractivity contribution in [2.24, 2.45) is 0 Å². The van der Waals surface area contributed by atoms with Crippen LogP contribution in [0.25, 0.3) is 11.3 Å². The van der Waals surface area contributed by atoms with Crippen molar-refractivity contribution >= 4 is 21.6 Å². The average Bonchev–Trinajstić information content (AvgIpc) is 3.06. The first-order chi connectivity index (χ1) is 13.6. The second-order valence-electron chi connectivity index (χ2n) is 6.79. The van der Waals surface area contributed by atoms with Crippen molar-refractivity contribution in [1.82, 2.24) is 15.0 Å². The highest BCUT2D eigenvalue weighted by Gasteiger charge is 2.28. The van der Waals surface area contributed by atoms with Crippen LogP contribution in [0.3, 0.4) is 0 Å². The Morgan fingerprint density at radius 3 is 2.64 bits per heavy atom. The molecule has 0 radical (unpaired) electrons. The van der Waals surface area contributed by atoms with Gasteiger partial charge in [-0.2, -0.15) is 4.98 Å². The van der Waals surface area contributed by atoms with Gasteiger partial charge in [0.2, 0.25) is 5.95 Å². The summed E-state index contributed by atoms with van der Waals surface area (Å²) in [6, 6.07) is 15.4. The predicted octanol–water partition coefficient (Wildman–Crippen LogP) is 2.75. The fraction of sp³-hybridized carbons (Fsp3) is 0.250. The lowest BCUT2D eigenvalue weighted by atomic mass is 10.1. The number of benzene rings is 1. The minimum atomic E-state index is -2.97. The fourth-order valence-electron chi connectivity index (χ4n) is 3.15. The summed E-state index contributed by atoms with van der Waals surface area (Å²) in [6.07, 6.45) is 4.11. The van der Waals surface area contributed by atoms with Gasteiger partial charge in [-0.15, -0.1) is 0 Å². The summed E-state index contributed by atoms with van der Waals surface area (Å²) in [4.78, 5) is 13.3. The molecule has 1 aliphatic heterocycles. The molecule has 1 fully saturated rings. The number of anilines is 2. The van der Waals surface area contributed by atoms with Gasteiger partial charge in [0, 0.05) is 36.6 Å². The van der Waals surface area contributed by atoms with Crippen LogP contribution in [0.4, 0.5) is 11.8 Å². The number of sulfone groups is 1. The van der Waals surface area contributed by atoms with E-state index in [1.807, 2.05) is 48.5 Å². The Hall–Kier alpha value is -3.00. The van der Waals surface area contributed by atoms with Crippen LogP contribution in [0.1, 0.15) is 12.0 Å². The maximum absolute atomic E-state index is 11.7. The minimum Gasteiger partial charge on any atom is -0.366 e. The summed E-state index contributed by atoms with van der Waals surface area (Å²) < 4.78 is 23.5. The summed E-state index contributed by atoms with van der Waals surface area (Å²) in [7, 11) is -2.97. The number of rotatable bonds is 6. The van der Waals surface area contributed by atoms with Crippen molar-refractivity contribution in [3.63, 3.8) is 0 Å². The molecule has 0 spiro atoms. The van der Waals surface area contributed by atoms with Crippen LogP contribution in [0.15, 0.2) is 60.9 Å². The monoisotopic (exact) mass is 395 g/mol. The Labute approximate surface area is 164 Å². The van der Waals surface area contributed by atoms with Gasteiger partial charge in [0.05, 0.1) is 17.2 Å². The van der Waals surface area contributed by atoms with Gasteiger partial charge in [-0.3, -0.25) is 4.98 Å². The standard InChI is InChI=1S/C20H21N5O2S/c26-28(27)10-8-17(14-28)23-20-24-18(16-6-2-1-3-7-16)11-19(25-20)22-13-15-5-4-9-21-12-15/h1-7,9,11-12,17H,8,10,13-14H2,(H2,22,23,24,25). The first kappa shape index (κ1) is 18.4. The first-order valence-corrected chi connectivity index (χ1v) is 10.9. The number of nitrogens with zero attached hydrogens (tertiary/aromatic N) is 3. The van der Waals surface area contributed by atoms with Crippen LogP contribution in [0, 0.1) is 0 Å². The van der Waals surface area contributed by atoms with E-state index in [-0.39, 0.29) is 17.5 Å². The van der Waals surface area contributed by atoms with E-state index in [9.17, 15) is 8.42 Å². The Bertz CT molecular complexity index is 1040. The molecule has 2 aromatic heterocycles. The first-order valence-electron chi connectivity index (χ1n) is 9.12. The van der Waals surface area contributed by atoms with Gasteiger partial charge in [0.25, 0.3) is 0 Å². The molecular formula is C20H21N5O2S. The van der Waals surface area contributed by atoms with Crippen molar-refractivity contribution in [3.05, 3.63) is 66.5 Å². The van der Waals surface area contributed by atoms with Gasteiger partial charge in [0.15, 0.2) is 9.84 Å². The molecule has 2 N–H and O–H groups in total. The molecule has 0 aliphatic carbocycles. The number of aromatic nitrogens is 3. The topological polar surface area (TPSA) is 96.9 Å². The van der Waals surface area contributed by atoms with Crippen molar-refractivity contribution in [1.29, 1.82) is 0 Å². The van der Waals surface area contributed by atoms with Crippen molar-refractivity contribution < 1.29 is 8.42 Å². The lowest BCUT2D eigenvalue weighted by molar-refractivity contribution is 0.602. The van der Waals surface area contributed by atoms with E-state index in [0.29, 0.717) is 24.7 Å². The summed E-state index contributed by atoms with van der Waals surface area (Å²) in [5.74, 6) is 1.41. The zero-order valence-corrected chi connectivity index (χ0v) is 16.1. The lowest BCUT2D eigenvalue weighted by Gasteiger charge is -2.14. The Kier molecular flexibility index (Phi) is 5.21. The summed E-state index contributed by atoms with van der Waals surface area (Å²) in [5.41, 5.74) is 2.78. The van der Waals surface area contributed by atoms with Gasteiger partial charge in [-0.25, -0.2) is 13.4 Å². The Morgan fingerprint density at radius 2 is 1.93 bits per heavy atom. The third kappa shape index (κ3) is 4.64. The molecular weight excluding hydrogens is 374 g/mol. The molecule has 7 nitrogen and oxygen atoms in total. The molecule has 28 heavy (non-hydrogen) atoms. The quantitative estimate of drug-likeness (QED) is 0.662. The molecule has 3 heterocycles. The molecule has 4 rings (SSSR count). The van der Waals surface area contributed by atoms with Crippen LogP contribution in [-0.4, -0.2) is 40.9 Å². The van der Waals surface area contributed by atoms with Crippen LogP contribution < -0.4 is 10.6 Å². The SMILES string of the molecule is O=S1(=O)CCC(Nc2nc(NCc3cccnc3)cc(-c3ccccc3)n2)C1. The molecule has 1 unspecified atom stereocenters. The van der Waals surface area contributed by atoms with Crippen LogP contribution >= 0.6 is 0 Å². The third-order valence-corrected chi connectivity index (χ3v) is 6.33. The van der Waals surface area contributed by atoms with Crippen LogP contribution in [0.2, 0.25) is 0 Å². The molecule has 8 heteroatoms. The molecule has 0 bridgehead atoms. The highest BCUT2D eigenvalue weighted by atomic mass is 32.2.